The van der Waals surface area contributed by atoms with Crippen LogP contribution in [0.5, 0.6) is 0 Å². The van der Waals surface area contributed by atoms with Crippen LogP contribution >= 0.6 is 34.8 Å². The number of benzene rings is 1. The molecule has 1 aromatic carbocycles. The first-order valence-electron chi connectivity index (χ1n) is 8.08. The van der Waals surface area contributed by atoms with Crippen LogP contribution in [0.25, 0.3) is 0 Å². The second kappa shape index (κ2) is 8.24. The number of carbonyl (C=O) groups is 1. The number of amides is 1. The second-order valence-electron chi connectivity index (χ2n) is 7.08. The van der Waals surface area contributed by atoms with Gasteiger partial charge in [0.05, 0.1) is 22.3 Å². The number of anilines is 1. The van der Waals surface area contributed by atoms with Crippen LogP contribution in [0, 0.1) is 0 Å². The molecule has 0 radical (unpaired) electrons. The van der Waals surface area contributed by atoms with Crippen molar-refractivity contribution in [2.75, 3.05) is 38.0 Å². The van der Waals surface area contributed by atoms with Gasteiger partial charge in [-0.25, -0.2) is 0 Å². The summed E-state index contributed by atoms with van der Waals surface area (Å²) in [7, 11) is 0. The minimum atomic E-state index is -0.120. The van der Waals surface area contributed by atoms with Gasteiger partial charge < -0.3 is 5.32 Å². The zero-order chi connectivity index (χ0) is 17.9. The van der Waals surface area contributed by atoms with E-state index < -0.39 is 0 Å². The smallest absolute Gasteiger partial charge is 0.238 e. The number of carbonyl (C=O) groups excluding carboxylic acids is 1. The minimum absolute atomic E-state index is 0.120. The van der Waals surface area contributed by atoms with Crippen LogP contribution in [0.4, 0.5) is 5.69 Å². The molecular weight excluding hydrogens is 369 g/mol. The van der Waals surface area contributed by atoms with Crippen molar-refractivity contribution >= 4 is 46.4 Å². The molecule has 1 aromatic rings. The topological polar surface area (TPSA) is 35.6 Å². The van der Waals surface area contributed by atoms with Crippen molar-refractivity contribution in [2.24, 2.45) is 0 Å². The fraction of sp³-hybridized carbons (Fsp3) is 0.588. The first-order chi connectivity index (χ1) is 11.2. The van der Waals surface area contributed by atoms with Crippen molar-refractivity contribution in [3.8, 4) is 0 Å². The fourth-order valence-electron chi connectivity index (χ4n) is 2.84. The van der Waals surface area contributed by atoms with E-state index in [2.05, 4.69) is 35.9 Å². The molecule has 24 heavy (non-hydrogen) atoms. The van der Waals surface area contributed by atoms with Crippen molar-refractivity contribution in [3.05, 3.63) is 27.2 Å². The summed E-state index contributed by atoms with van der Waals surface area (Å²) >= 11 is 18.1. The molecule has 2 rings (SSSR count). The number of nitrogens with one attached hydrogen (secondary N) is 1. The van der Waals surface area contributed by atoms with Crippen molar-refractivity contribution in [3.63, 3.8) is 0 Å². The zero-order valence-electron chi connectivity index (χ0n) is 14.3. The van der Waals surface area contributed by atoms with Gasteiger partial charge in [0.1, 0.15) is 0 Å². The first-order valence-corrected chi connectivity index (χ1v) is 9.22. The molecule has 0 bridgehead atoms. The monoisotopic (exact) mass is 391 g/mol. The standard InChI is InChI=1S/C17H24Cl3N3O/c1-17(2,3)23-6-4-5-22(7-8-23)11-15(24)21-16-13(19)9-12(18)10-14(16)20/h9-10H,4-8,11H2,1-3H3,(H,21,24). The predicted octanol–water partition coefficient (Wildman–Crippen LogP) is 4.39. The molecular formula is C17H24Cl3N3O. The van der Waals surface area contributed by atoms with E-state index in [1.807, 2.05) is 0 Å². The third-order valence-electron chi connectivity index (χ3n) is 4.18. The molecule has 1 N–H and O–H groups in total. The van der Waals surface area contributed by atoms with Gasteiger partial charge in [0.15, 0.2) is 0 Å². The lowest BCUT2D eigenvalue weighted by Crippen LogP contribution is -2.44. The lowest BCUT2D eigenvalue weighted by molar-refractivity contribution is -0.117. The highest BCUT2D eigenvalue weighted by Crippen LogP contribution is 2.33. The van der Waals surface area contributed by atoms with Crippen LogP contribution in [0.1, 0.15) is 27.2 Å². The largest absolute Gasteiger partial charge is 0.322 e. The average molecular weight is 393 g/mol. The average Bonchev–Trinajstić information content (AvgIpc) is 2.68. The van der Waals surface area contributed by atoms with Crippen molar-refractivity contribution in [1.82, 2.24) is 9.80 Å². The molecule has 1 saturated heterocycles. The summed E-state index contributed by atoms with van der Waals surface area (Å²) in [5.74, 6) is -0.120. The summed E-state index contributed by atoms with van der Waals surface area (Å²) in [6.45, 7) is 10.8. The summed E-state index contributed by atoms with van der Waals surface area (Å²) in [5.41, 5.74) is 0.571. The molecule has 0 spiro atoms. The van der Waals surface area contributed by atoms with Crippen LogP contribution < -0.4 is 5.32 Å². The number of halogens is 3. The Morgan fingerprint density at radius 1 is 1.08 bits per heavy atom. The molecule has 0 aromatic heterocycles. The van der Waals surface area contributed by atoms with E-state index >= 15 is 0 Å². The molecule has 1 amide bonds. The first kappa shape index (κ1) is 19.8. The van der Waals surface area contributed by atoms with Gasteiger partial charge in [-0.15, -0.1) is 0 Å². The molecule has 4 nitrogen and oxygen atoms in total. The highest BCUT2D eigenvalue weighted by atomic mass is 35.5. The van der Waals surface area contributed by atoms with Crippen LogP contribution in [0.15, 0.2) is 12.1 Å². The normalized spacial score (nSPS) is 17.6. The Morgan fingerprint density at radius 2 is 1.71 bits per heavy atom. The van der Waals surface area contributed by atoms with Crippen LogP contribution in [0.3, 0.4) is 0 Å². The van der Waals surface area contributed by atoms with E-state index in [1.165, 1.54) is 0 Å². The summed E-state index contributed by atoms with van der Waals surface area (Å²) in [6, 6.07) is 3.13. The molecule has 1 aliphatic heterocycles. The number of nitrogens with zero attached hydrogens (tertiary/aromatic N) is 2. The Labute approximate surface area is 159 Å². The van der Waals surface area contributed by atoms with E-state index in [9.17, 15) is 4.79 Å². The second-order valence-corrected chi connectivity index (χ2v) is 8.33. The van der Waals surface area contributed by atoms with Gasteiger partial charge in [0.25, 0.3) is 0 Å². The van der Waals surface area contributed by atoms with Gasteiger partial charge in [-0.05, 0) is 52.4 Å². The predicted molar refractivity (Wildman–Crippen MR) is 102 cm³/mol. The zero-order valence-corrected chi connectivity index (χ0v) is 16.6. The van der Waals surface area contributed by atoms with Gasteiger partial charge >= 0.3 is 0 Å². The summed E-state index contributed by atoms with van der Waals surface area (Å²) in [5, 5.41) is 3.93. The van der Waals surface area contributed by atoms with E-state index in [4.69, 9.17) is 34.8 Å². The van der Waals surface area contributed by atoms with Gasteiger partial charge in [-0.2, -0.15) is 0 Å². The Morgan fingerprint density at radius 3 is 2.29 bits per heavy atom. The van der Waals surface area contributed by atoms with Crippen molar-refractivity contribution in [2.45, 2.75) is 32.7 Å². The van der Waals surface area contributed by atoms with Gasteiger partial charge in [0.2, 0.25) is 5.91 Å². The lowest BCUT2D eigenvalue weighted by atomic mass is 10.1. The van der Waals surface area contributed by atoms with E-state index in [0.29, 0.717) is 27.3 Å². The van der Waals surface area contributed by atoms with Crippen molar-refractivity contribution < 1.29 is 4.79 Å². The van der Waals surface area contributed by atoms with Gasteiger partial charge in [0, 0.05) is 23.7 Å². The van der Waals surface area contributed by atoms with Crippen LogP contribution in [0.2, 0.25) is 15.1 Å². The molecule has 1 heterocycles. The number of rotatable bonds is 3. The molecule has 0 saturated carbocycles. The Balaban J connectivity index is 1.94. The van der Waals surface area contributed by atoms with Crippen LogP contribution in [-0.2, 0) is 4.79 Å². The van der Waals surface area contributed by atoms with Crippen molar-refractivity contribution in [1.29, 1.82) is 0 Å². The molecule has 0 atom stereocenters. The molecule has 7 heteroatoms. The van der Waals surface area contributed by atoms with E-state index in [-0.39, 0.29) is 11.4 Å². The number of hydrogen-bond donors (Lipinski definition) is 1. The highest BCUT2D eigenvalue weighted by molar-refractivity contribution is 6.42. The molecule has 134 valence electrons. The van der Waals surface area contributed by atoms with Gasteiger partial charge in [-0.1, -0.05) is 34.8 Å². The maximum atomic E-state index is 12.3. The van der Waals surface area contributed by atoms with Crippen LogP contribution in [-0.4, -0.2) is 54.0 Å². The Bertz CT molecular complexity index is 578. The molecule has 1 fully saturated rings. The third-order valence-corrected chi connectivity index (χ3v) is 4.99. The molecule has 0 unspecified atom stereocenters. The SMILES string of the molecule is CC(C)(C)N1CCCN(CC(=O)Nc2c(Cl)cc(Cl)cc2Cl)CC1. The summed E-state index contributed by atoms with van der Waals surface area (Å²) in [6.07, 6.45) is 1.05. The Kier molecular flexibility index (Phi) is 6.80. The van der Waals surface area contributed by atoms with E-state index in [0.717, 1.165) is 32.6 Å². The van der Waals surface area contributed by atoms with Gasteiger partial charge in [-0.3, -0.25) is 14.6 Å². The Hall–Kier alpha value is -0.520. The van der Waals surface area contributed by atoms with E-state index in [1.54, 1.807) is 12.1 Å². The quantitative estimate of drug-likeness (QED) is 0.828. The molecule has 0 aliphatic carbocycles. The fourth-order valence-corrected chi connectivity index (χ4v) is 3.75. The highest BCUT2D eigenvalue weighted by Gasteiger charge is 2.25. The third kappa shape index (κ3) is 5.50. The lowest BCUT2D eigenvalue weighted by Gasteiger charge is -2.34. The summed E-state index contributed by atoms with van der Waals surface area (Å²) < 4.78 is 0. The maximum absolute atomic E-state index is 12.3. The maximum Gasteiger partial charge on any atom is 0.238 e. The molecule has 1 aliphatic rings. The number of hydrogen-bond acceptors (Lipinski definition) is 3. The minimum Gasteiger partial charge on any atom is -0.322 e. The summed E-state index contributed by atoms with van der Waals surface area (Å²) in [4.78, 5) is 17.0.